The van der Waals surface area contributed by atoms with Crippen molar-refractivity contribution in [3.63, 3.8) is 0 Å². The van der Waals surface area contributed by atoms with Crippen LogP contribution in [-0.2, 0) is 14.4 Å². The monoisotopic (exact) mass is 458 g/mol. The first-order valence-corrected chi connectivity index (χ1v) is 12.8. The number of aliphatic hydroxyl groups excluding tert-OH is 1. The Morgan fingerprint density at radius 1 is 1.12 bits per heavy atom. The number of carbonyl (C=O) groups is 3. The maximum absolute atomic E-state index is 14.0. The van der Waals surface area contributed by atoms with Crippen molar-refractivity contribution < 1.29 is 24.6 Å². The van der Waals surface area contributed by atoms with Gasteiger partial charge in [0.05, 0.1) is 6.10 Å². The number of carbonyl (C=O) groups excluding carboxylic acids is 2. The van der Waals surface area contributed by atoms with Crippen LogP contribution >= 0.6 is 0 Å². The topological polar surface area (TPSA) is 91.7 Å². The molecule has 0 aromatic heterocycles. The number of hydrogen-bond acceptors (Lipinski definition) is 4. The first-order chi connectivity index (χ1) is 15.1. The average molecular weight is 459 g/mol. The van der Waals surface area contributed by atoms with E-state index in [9.17, 15) is 24.6 Å². The minimum Gasteiger partial charge on any atom is -0.481 e. The minimum atomic E-state index is -0.776. The summed E-state index contributed by atoms with van der Waals surface area (Å²) in [5.74, 6) is 0.275. The summed E-state index contributed by atoms with van der Waals surface area (Å²) in [6, 6.07) is 0. The van der Waals surface area contributed by atoms with Crippen LogP contribution in [0.15, 0.2) is 11.1 Å². The molecule has 5 nitrogen and oxygen atoms in total. The molecular weight excluding hydrogens is 416 g/mol. The lowest BCUT2D eigenvalue weighted by Crippen LogP contribution is -2.59. The zero-order valence-corrected chi connectivity index (χ0v) is 21.5. The number of aliphatic carboxylic acids is 1. The molecule has 0 bridgehead atoms. The number of hydrogen-bond donors (Lipinski definition) is 2. The molecule has 0 spiro atoms. The summed E-state index contributed by atoms with van der Waals surface area (Å²) < 4.78 is 0. The highest BCUT2D eigenvalue weighted by atomic mass is 16.4. The van der Waals surface area contributed by atoms with E-state index in [-0.39, 0.29) is 57.9 Å². The third-order valence-electron chi connectivity index (χ3n) is 11.3. The molecule has 2 fully saturated rings. The highest BCUT2D eigenvalue weighted by Gasteiger charge is 2.69. The van der Waals surface area contributed by atoms with Crippen LogP contribution in [0, 0.1) is 45.3 Å². The Kier molecular flexibility index (Phi) is 5.60. The van der Waals surface area contributed by atoms with Gasteiger partial charge in [0.1, 0.15) is 5.78 Å². The highest BCUT2D eigenvalue weighted by molar-refractivity contribution is 6.01. The smallest absolute Gasteiger partial charge is 0.303 e. The van der Waals surface area contributed by atoms with Gasteiger partial charge in [-0.25, -0.2) is 0 Å². The van der Waals surface area contributed by atoms with Crippen molar-refractivity contribution in [1.82, 2.24) is 0 Å². The van der Waals surface area contributed by atoms with Crippen molar-refractivity contribution in [2.75, 3.05) is 0 Å². The van der Waals surface area contributed by atoms with E-state index in [4.69, 9.17) is 0 Å². The van der Waals surface area contributed by atoms with Gasteiger partial charge in [-0.3, -0.25) is 14.4 Å². The Morgan fingerprint density at radius 3 is 2.36 bits per heavy atom. The molecule has 0 aliphatic heterocycles. The Morgan fingerprint density at radius 2 is 1.76 bits per heavy atom. The van der Waals surface area contributed by atoms with Gasteiger partial charge in [0, 0.05) is 41.1 Å². The van der Waals surface area contributed by atoms with Crippen LogP contribution in [0.5, 0.6) is 0 Å². The molecule has 0 aromatic rings. The molecule has 4 aliphatic rings. The van der Waals surface area contributed by atoms with Gasteiger partial charge in [0.15, 0.2) is 5.78 Å². The number of carboxylic acid groups (broad SMARTS) is 1. The second-order valence-electron chi connectivity index (χ2n) is 13.0. The lowest BCUT2D eigenvalue weighted by molar-refractivity contribution is -0.145. The number of rotatable bonds is 4. The van der Waals surface area contributed by atoms with Crippen molar-refractivity contribution in [2.45, 2.75) is 99.5 Å². The average Bonchev–Trinajstić information content (AvgIpc) is 2.92. The van der Waals surface area contributed by atoms with E-state index in [0.29, 0.717) is 32.1 Å². The Balaban J connectivity index is 1.85. The molecule has 33 heavy (non-hydrogen) atoms. The molecule has 1 unspecified atom stereocenters. The molecule has 184 valence electrons. The Hall–Kier alpha value is -1.49. The van der Waals surface area contributed by atoms with Crippen molar-refractivity contribution in [1.29, 1.82) is 0 Å². The minimum absolute atomic E-state index is 0.0427. The lowest BCUT2D eigenvalue weighted by atomic mass is 9.42. The summed E-state index contributed by atoms with van der Waals surface area (Å²) >= 11 is 0. The molecule has 0 amide bonds. The van der Waals surface area contributed by atoms with Gasteiger partial charge >= 0.3 is 5.97 Å². The van der Waals surface area contributed by atoms with Crippen molar-refractivity contribution in [3.05, 3.63) is 11.1 Å². The third kappa shape index (κ3) is 3.10. The van der Waals surface area contributed by atoms with Crippen LogP contribution in [0.25, 0.3) is 0 Å². The van der Waals surface area contributed by atoms with Crippen molar-refractivity contribution in [2.24, 2.45) is 45.3 Å². The summed E-state index contributed by atoms with van der Waals surface area (Å²) in [5, 5.41) is 20.9. The fraction of sp³-hybridized carbons (Fsp3) is 0.821. The van der Waals surface area contributed by atoms with Crippen molar-refractivity contribution >= 4 is 17.5 Å². The SMILES string of the molecule is CC(CCC(=O)O)[C@H]1C[C@H](C)[C@@]2(C)C3=C(C(=O)C[C@]12C)[C@@]1(C)CCC(=O)C(C)(C)[C@@H]1C[C@@H]3O. The van der Waals surface area contributed by atoms with Gasteiger partial charge in [0.25, 0.3) is 0 Å². The molecule has 2 saturated carbocycles. The molecule has 4 rings (SSSR count). The van der Waals surface area contributed by atoms with Gasteiger partial charge in [-0.15, -0.1) is 0 Å². The van der Waals surface area contributed by atoms with Crippen LogP contribution in [-0.4, -0.2) is 33.9 Å². The van der Waals surface area contributed by atoms with Crippen LogP contribution in [0.2, 0.25) is 0 Å². The van der Waals surface area contributed by atoms with E-state index < -0.39 is 17.5 Å². The number of allylic oxidation sites excluding steroid dienone is 1. The van der Waals surface area contributed by atoms with E-state index >= 15 is 0 Å². The van der Waals surface area contributed by atoms with E-state index in [1.165, 1.54) is 0 Å². The number of fused-ring (bicyclic) bond motifs is 4. The summed E-state index contributed by atoms with van der Waals surface area (Å²) in [7, 11) is 0. The number of aliphatic hydroxyl groups is 1. The lowest BCUT2D eigenvalue weighted by Gasteiger charge is -2.61. The first kappa shape index (κ1) is 24.6. The summed E-state index contributed by atoms with van der Waals surface area (Å²) in [6.45, 7) is 15.0. The summed E-state index contributed by atoms with van der Waals surface area (Å²) in [6.07, 6.45) is 3.11. The highest BCUT2D eigenvalue weighted by Crippen LogP contribution is 2.73. The van der Waals surface area contributed by atoms with Crippen LogP contribution in [0.4, 0.5) is 0 Å². The molecule has 2 N–H and O–H groups in total. The fourth-order valence-electron chi connectivity index (χ4n) is 9.15. The zero-order chi connectivity index (χ0) is 24.7. The number of Topliss-reactive ketones (excluding diaryl/α,β-unsaturated/α-hetero) is 2. The first-order valence-electron chi connectivity index (χ1n) is 12.8. The van der Waals surface area contributed by atoms with E-state index in [1.54, 1.807) is 0 Å². The predicted molar refractivity (Wildman–Crippen MR) is 126 cm³/mol. The molecular formula is C28H42O5. The number of carboxylic acids is 1. The number of ketones is 2. The maximum atomic E-state index is 14.0. The van der Waals surface area contributed by atoms with Crippen molar-refractivity contribution in [3.8, 4) is 0 Å². The summed E-state index contributed by atoms with van der Waals surface area (Å²) in [5.41, 5.74) is 0.203. The summed E-state index contributed by atoms with van der Waals surface area (Å²) in [4.78, 5) is 38.0. The van der Waals surface area contributed by atoms with Gasteiger partial charge < -0.3 is 10.2 Å². The molecule has 5 heteroatoms. The van der Waals surface area contributed by atoms with Gasteiger partial charge in [-0.2, -0.15) is 0 Å². The molecule has 8 atom stereocenters. The molecule has 0 saturated heterocycles. The van der Waals surface area contributed by atoms with E-state index in [2.05, 4.69) is 34.6 Å². The second kappa shape index (κ2) is 7.50. The largest absolute Gasteiger partial charge is 0.481 e. The standard InChI is InChI=1S/C28H42O5/c1-15(8-9-22(32)33)17-12-16(2)28(7)24-18(29)13-20-25(3,4)21(31)10-11-26(20,5)23(24)19(30)14-27(17,28)6/h15-18,20,29H,8-14H2,1-7H3,(H,32,33)/t15?,16-,17+,18-,20-,26-,27+,28-/m0/s1. The van der Waals surface area contributed by atoms with Crippen LogP contribution < -0.4 is 0 Å². The van der Waals surface area contributed by atoms with Gasteiger partial charge in [-0.1, -0.05) is 48.5 Å². The molecule has 4 aliphatic carbocycles. The third-order valence-corrected chi connectivity index (χ3v) is 11.3. The van der Waals surface area contributed by atoms with Crippen LogP contribution in [0.3, 0.4) is 0 Å². The second-order valence-corrected chi connectivity index (χ2v) is 13.0. The van der Waals surface area contributed by atoms with Gasteiger partial charge in [0.2, 0.25) is 0 Å². The van der Waals surface area contributed by atoms with E-state index in [0.717, 1.165) is 17.6 Å². The normalized spacial score (nSPS) is 45.3. The predicted octanol–water partition coefficient (Wildman–Crippen LogP) is 5.20. The Bertz CT molecular complexity index is 931. The van der Waals surface area contributed by atoms with E-state index in [1.807, 2.05) is 13.8 Å². The molecule has 0 heterocycles. The van der Waals surface area contributed by atoms with Crippen LogP contribution in [0.1, 0.15) is 93.4 Å². The quantitative estimate of drug-likeness (QED) is 0.604. The molecule has 0 radical (unpaired) electrons. The zero-order valence-electron chi connectivity index (χ0n) is 21.5. The molecule has 0 aromatic carbocycles. The maximum Gasteiger partial charge on any atom is 0.303 e. The Labute approximate surface area is 198 Å². The fourth-order valence-corrected chi connectivity index (χ4v) is 9.15. The van der Waals surface area contributed by atoms with Gasteiger partial charge in [-0.05, 0) is 60.3 Å².